The van der Waals surface area contributed by atoms with E-state index in [9.17, 15) is 4.79 Å². The van der Waals surface area contributed by atoms with E-state index >= 15 is 0 Å². The highest BCUT2D eigenvalue weighted by Crippen LogP contribution is 2.42. The molecule has 1 atom stereocenters. The highest BCUT2D eigenvalue weighted by molar-refractivity contribution is 8.00. The van der Waals surface area contributed by atoms with Gasteiger partial charge < -0.3 is 14.4 Å². The van der Waals surface area contributed by atoms with Gasteiger partial charge in [-0.2, -0.15) is 0 Å². The summed E-state index contributed by atoms with van der Waals surface area (Å²) in [4.78, 5) is 15.8. The van der Waals surface area contributed by atoms with Gasteiger partial charge in [0.15, 0.2) is 11.5 Å². The Morgan fingerprint density at radius 3 is 2.88 bits per heavy atom. The number of carbonyl (C=O) groups excluding carboxylic acids is 1. The standard InChI is InChI=1S/C18H17NO3S2/c20-17(11-24-14-4-2-1-3-5-14)19-8-9-23-18(19)13-6-7-15-16(10-13)22-12-21-15/h1-7,10,18H,8-9,11-12H2. The van der Waals surface area contributed by atoms with Crippen LogP contribution in [0.5, 0.6) is 11.5 Å². The van der Waals surface area contributed by atoms with Crippen molar-refractivity contribution in [2.45, 2.75) is 10.3 Å². The average molecular weight is 359 g/mol. The number of thioether (sulfide) groups is 2. The number of hydrogen-bond acceptors (Lipinski definition) is 5. The molecule has 1 unspecified atom stereocenters. The van der Waals surface area contributed by atoms with E-state index < -0.39 is 0 Å². The lowest BCUT2D eigenvalue weighted by atomic mass is 10.2. The van der Waals surface area contributed by atoms with Crippen molar-refractivity contribution in [2.75, 3.05) is 24.8 Å². The first kappa shape index (κ1) is 15.7. The molecule has 0 aliphatic carbocycles. The quantitative estimate of drug-likeness (QED) is 0.777. The second-order valence-corrected chi connectivity index (χ2v) is 7.76. The molecule has 2 aromatic carbocycles. The van der Waals surface area contributed by atoms with Crippen LogP contribution < -0.4 is 9.47 Å². The second kappa shape index (κ2) is 6.99. The Balaban J connectivity index is 1.45. The first-order chi connectivity index (χ1) is 11.8. The Bertz CT molecular complexity index is 738. The molecule has 6 heteroatoms. The number of ether oxygens (including phenoxy) is 2. The van der Waals surface area contributed by atoms with Gasteiger partial charge in [-0.3, -0.25) is 4.79 Å². The number of amides is 1. The molecule has 4 rings (SSSR count). The highest BCUT2D eigenvalue weighted by Gasteiger charge is 2.31. The summed E-state index contributed by atoms with van der Waals surface area (Å²) < 4.78 is 10.8. The zero-order valence-electron chi connectivity index (χ0n) is 13.0. The van der Waals surface area contributed by atoms with Gasteiger partial charge in [-0.15, -0.1) is 23.5 Å². The molecule has 0 saturated carbocycles. The van der Waals surface area contributed by atoms with Crippen LogP contribution in [-0.2, 0) is 4.79 Å². The molecule has 0 spiro atoms. The summed E-state index contributed by atoms with van der Waals surface area (Å²) in [5.41, 5.74) is 1.10. The van der Waals surface area contributed by atoms with E-state index in [1.54, 1.807) is 23.5 Å². The summed E-state index contributed by atoms with van der Waals surface area (Å²) in [5.74, 6) is 3.15. The normalized spacial score (nSPS) is 18.8. The number of fused-ring (bicyclic) bond motifs is 1. The summed E-state index contributed by atoms with van der Waals surface area (Å²) in [6.45, 7) is 1.06. The predicted molar refractivity (Wildman–Crippen MR) is 96.6 cm³/mol. The van der Waals surface area contributed by atoms with Crippen LogP contribution in [0.15, 0.2) is 53.4 Å². The van der Waals surface area contributed by atoms with Gasteiger partial charge in [0.1, 0.15) is 5.37 Å². The third kappa shape index (κ3) is 3.21. The molecule has 0 aromatic heterocycles. The molecule has 2 aliphatic heterocycles. The molecule has 1 saturated heterocycles. The molecule has 0 N–H and O–H groups in total. The fourth-order valence-electron chi connectivity index (χ4n) is 2.81. The van der Waals surface area contributed by atoms with Gasteiger partial charge in [-0.05, 0) is 29.8 Å². The number of benzene rings is 2. The smallest absolute Gasteiger partial charge is 0.234 e. The van der Waals surface area contributed by atoms with Crippen molar-refractivity contribution in [3.63, 3.8) is 0 Å². The maximum atomic E-state index is 12.7. The zero-order chi connectivity index (χ0) is 16.4. The fraction of sp³-hybridized carbons (Fsp3) is 0.278. The van der Waals surface area contributed by atoms with Crippen LogP contribution in [0, 0.1) is 0 Å². The molecule has 24 heavy (non-hydrogen) atoms. The van der Waals surface area contributed by atoms with Crippen LogP contribution in [-0.4, -0.2) is 35.7 Å². The third-order valence-electron chi connectivity index (χ3n) is 4.00. The SMILES string of the molecule is O=C(CSc1ccccc1)N1CCSC1c1ccc2c(c1)OCO2. The molecule has 1 fully saturated rings. The number of carbonyl (C=O) groups is 1. The van der Waals surface area contributed by atoms with E-state index in [1.807, 2.05) is 53.4 Å². The van der Waals surface area contributed by atoms with Gasteiger partial charge in [-0.25, -0.2) is 0 Å². The van der Waals surface area contributed by atoms with E-state index in [0.29, 0.717) is 5.75 Å². The molecule has 1 amide bonds. The van der Waals surface area contributed by atoms with E-state index in [1.165, 1.54) is 0 Å². The van der Waals surface area contributed by atoms with Gasteiger partial charge in [0.2, 0.25) is 12.7 Å². The summed E-state index contributed by atoms with van der Waals surface area (Å²) in [6, 6.07) is 16.0. The van der Waals surface area contributed by atoms with Gasteiger partial charge in [0.05, 0.1) is 5.75 Å². The summed E-state index contributed by atoms with van der Waals surface area (Å²) in [5, 5.41) is 0.0587. The number of rotatable bonds is 4. The minimum Gasteiger partial charge on any atom is -0.454 e. The van der Waals surface area contributed by atoms with Gasteiger partial charge in [0.25, 0.3) is 0 Å². The zero-order valence-corrected chi connectivity index (χ0v) is 14.6. The largest absolute Gasteiger partial charge is 0.454 e. The fourth-order valence-corrected chi connectivity index (χ4v) is 4.89. The maximum absolute atomic E-state index is 12.7. The molecule has 2 aromatic rings. The summed E-state index contributed by atoms with van der Waals surface area (Å²) in [7, 11) is 0. The summed E-state index contributed by atoms with van der Waals surface area (Å²) >= 11 is 3.39. The Hall–Kier alpha value is -1.79. The lowest BCUT2D eigenvalue weighted by molar-refractivity contribution is -0.128. The lowest BCUT2D eigenvalue weighted by Gasteiger charge is -2.24. The minimum atomic E-state index is 0.0587. The molecular formula is C18H17NO3S2. The molecule has 2 heterocycles. The Morgan fingerprint density at radius 1 is 1.17 bits per heavy atom. The van der Waals surface area contributed by atoms with Crippen molar-refractivity contribution in [1.82, 2.24) is 4.90 Å². The van der Waals surface area contributed by atoms with Crippen molar-refractivity contribution < 1.29 is 14.3 Å². The Labute approximate surface area is 149 Å². The van der Waals surface area contributed by atoms with Gasteiger partial charge in [-0.1, -0.05) is 24.3 Å². The average Bonchev–Trinajstić information content (AvgIpc) is 3.28. The van der Waals surface area contributed by atoms with Crippen LogP contribution in [0.2, 0.25) is 0 Å². The van der Waals surface area contributed by atoms with Crippen LogP contribution in [0.3, 0.4) is 0 Å². The number of hydrogen-bond donors (Lipinski definition) is 0. The van der Waals surface area contributed by atoms with Crippen molar-refractivity contribution in [3.05, 3.63) is 54.1 Å². The van der Waals surface area contributed by atoms with E-state index in [4.69, 9.17) is 9.47 Å². The van der Waals surface area contributed by atoms with Crippen LogP contribution >= 0.6 is 23.5 Å². The van der Waals surface area contributed by atoms with Gasteiger partial charge in [0, 0.05) is 17.2 Å². The molecule has 0 bridgehead atoms. The van der Waals surface area contributed by atoms with Gasteiger partial charge >= 0.3 is 0 Å². The van der Waals surface area contributed by atoms with Crippen molar-refractivity contribution in [3.8, 4) is 11.5 Å². The van der Waals surface area contributed by atoms with E-state index in [-0.39, 0.29) is 18.1 Å². The molecule has 2 aliphatic rings. The molecule has 0 radical (unpaired) electrons. The van der Waals surface area contributed by atoms with E-state index in [2.05, 4.69) is 0 Å². The monoisotopic (exact) mass is 359 g/mol. The van der Waals surface area contributed by atoms with Crippen molar-refractivity contribution >= 4 is 29.4 Å². The highest BCUT2D eigenvalue weighted by atomic mass is 32.2. The van der Waals surface area contributed by atoms with Crippen molar-refractivity contribution in [2.24, 2.45) is 0 Å². The number of nitrogens with zero attached hydrogens (tertiary/aromatic N) is 1. The summed E-state index contributed by atoms with van der Waals surface area (Å²) in [6.07, 6.45) is 0. The van der Waals surface area contributed by atoms with E-state index in [0.717, 1.165) is 34.3 Å². The Kier molecular flexibility index (Phi) is 4.58. The molecule has 4 nitrogen and oxygen atoms in total. The lowest BCUT2D eigenvalue weighted by Crippen LogP contribution is -2.31. The second-order valence-electron chi connectivity index (χ2n) is 5.52. The predicted octanol–water partition coefficient (Wildman–Crippen LogP) is 3.78. The first-order valence-corrected chi connectivity index (χ1v) is 9.83. The van der Waals surface area contributed by atoms with Crippen LogP contribution in [0.4, 0.5) is 0 Å². The molecule has 124 valence electrons. The Morgan fingerprint density at radius 2 is 2.00 bits per heavy atom. The van der Waals surface area contributed by atoms with Crippen molar-refractivity contribution in [1.29, 1.82) is 0 Å². The first-order valence-electron chi connectivity index (χ1n) is 7.80. The topological polar surface area (TPSA) is 38.8 Å². The maximum Gasteiger partial charge on any atom is 0.234 e. The minimum absolute atomic E-state index is 0.0587. The molecular weight excluding hydrogens is 342 g/mol. The third-order valence-corrected chi connectivity index (χ3v) is 6.26. The van der Waals surface area contributed by atoms with Crippen LogP contribution in [0.25, 0.3) is 0 Å². The van der Waals surface area contributed by atoms with Crippen LogP contribution in [0.1, 0.15) is 10.9 Å².